The minimum absolute atomic E-state index is 0.235. The fourth-order valence-corrected chi connectivity index (χ4v) is 3.96. The molecule has 0 bridgehead atoms. The zero-order valence-electron chi connectivity index (χ0n) is 14.6. The third-order valence-electron chi connectivity index (χ3n) is 3.94. The fraction of sp³-hybridized carbons (Fsp3) is 0.278. The standard InChI is InChI=1S/C18H19ClN4O2S2/c1-26-8-6-15(22-16(24)13-4-2-3-5-14(13)19)17(25)20-10-12-11-23-7-9-27-18(23)21-12/h2-5,7,9,11,15H,6,8,10H2,1H3,(H,20,25)(H,22,24). The van der Waals surface area contributed by atoms with Crippen LogP contribution < -0.4 is 10.6 Å². The highest BCUT2D eigenvalue weighted by Crippen LogP contribution is 2.15. The van der Waals surface area contributed by atoms with Crippen LogP contribution in [-0.4, -0.2) is 39.2 Å². The van der Waals surface area contributed by atoms with Crippen molar-refractivity contribution in [3.05, 3.63) is 58.3 Å². The van der Waals surface area contributed by atoms with Crippen LogP contribution in [0.25, 0.3) is 4.96 Å². The monoisotopic (exact) mass is 422 g/mol. The molecule has 1 unspecified atom stereocenters. The van der Waals surface area contributed by atoms with E-state index in [2.05, 4.69) is 15.6 Å². The largest absolute Gasteiger partial charge is 0.349 e. The Labute approximate surface area is 170 Å². The summed E-state index contributed by atoms with van der Waals surface area (Å²) in [6.07, 6.45) is 6.29. The number of carbonyl (C=O) groups is 2. The summed E-state index contributed by atoms with van der Waals surface area (Å²) in [5.41, 5.74) is 1.13. The molecule has 0 spiro atoms. The second-order valence-electron chi connectivity index (χ2n) is 5.83. The number of benzene rings is 1. The number of amides is 2. The minimum atomic E-state index is -0.634. The number of thioether (sulfide) groups is 1. The summed E-state index contributed by atoms with van der Waals surface area (Å²) in [7, 11) is 0. The summed E-state index contributed by atoms with van der Waals surface area (Å²) in [6.45, 7) is 0.310. The van der Waals surface area contributed by atoms with Gasteiger partial charge in [-0.2, -0.15) is 11.8 Å². The number of rotatable bonds is 8. The molecule has 6 nitrogen and oxygen atoms in total. The van der Waals surface area contributed by atoms with E-state index in [0.29, 0.717) is 23.6 Å². The number of aromatic nitrogens is 2. The van der Waals surface area contributed by atoms with E-state index in [-0.39, 0.29) is 11.8 Å². The molecule has 2 amide bonds. The van der Waals surface area contributed by atoms with Crippen molar-refractivity contribution >= 4 is 51.5 Å². The molecule has 0 saturated heterocycles. The number of carbonyl (C=O) groups excluding carboxylic acids is 2. The van der Waals surface area contributed by atoms with Crippen LogP contribution in [0.2, 0.25) is 5.02 Å². The van der Waals surface area contributed by atoms with Crippen molar-refractivity contribution in [1.82, 2.24) is 20.0 Å². The molecule has 0 fully saturated rings. The Balaban J connectivity index is 1.63. The number of imidazole rings is 1. The molecule has 142 valence electrons. The maximum Gasteiger partial charge on any atom is 0.253 e. The highest BCUT2D eigenvalue weighted by Gasteiger charge is 2.22. The number of hydrogen-bond acceptors (Lipinski definition) is 5. The Hall–Kier alpha value is -2.03. The van der Waals surface area contributed by atoms with Crippen LogP contribution in [0.5, 0.6) is 0 Å². The van der Waals surface area contributed by atoms with Gasteiger partial charge >= 0.3 is 0 Å². The number of fused-ring (bicyclic) bond motifs is 1. The van der Waals surface area contributed by atoms with Gasteiger partial charge in [-0.15, -0.1) is 11.3 Å². The molecule has 9 heteroatoms. The maximum absolute atomic E-state index is 12.6. The molecule has 27 heavy (non-hydrogen) atoms. The predicted octanol–water partition coefficient (Wildman–Crippen LogP) is 3.22. The predicted molar refractivity (Wildman–Crippen MR) is 111 cm³/mol. The molecular formula is C18H19ClN4O2S2. The zero-order chi connectivity index (χ0) is 19.2. The van der Waals surface area contributed by atoms with Gasteiger partial charge in [0.15, 0.2) is 4.96 Å². The molecule has 1 aromatic carbocycles. The number of nitrogens with zero attached hydrogens (tertiary/aromatic N) is 2. The topological polar surface area (TPSA) is 75.5 Å². The normalized spacial score (nSPS) is 12.1. The lowest BCUT2D eigenvalue weighted by Gasteiger charge is -2.18. The Morgan fingerprint density at radius 3 is 2.93 bits per heavy atom. The highest BCUT2D eigenvalue weighted by molar-refractivity contribution is 7.98. The molecule has 0 saturated carbocycles. The Kier molecular flexibility index (Phi) is 6.76. The molecule has 0 aliphatic carbocycles. The number of hydrogen-bond donors (Lipinski definition) is 2. The molecule has 2 heterocycles. The third kappa shape index (κ3) is 5.03. The van der Waals surface area contributed by atoms with E-state index >= 15 is 0 Å². The molecule has 2 N–H and O–H groups in total. The third-order valence-corrected chi connectivity index (χ3v) is 5.68. The Morgan fingerprint density at radius 2 is 2.19 bits per heavy atom. The second-order valence-corrected chi connectivity index (χ2v) is 8.10. The van der Waals surface area contributed by atoms with E-state index in [0.717, 1.165) is 16.4 Å². The quantitative estimate of drug-likeness (QED) is 0.584. The first-order valence-corrected chi connectivity index (χ1v) is 11.0. The van der Waals surface area contributed by atoms with E-state index in [1.54, 1.807) is 36.0 Å². The van der Waals surface area contributed by atoms with E-state index in [9.17, 15) is 9.59 Å². The first kappa shape index (κ1) is 19.7. The van der Waals surface area contributed by atoms with Crippen molar-refractivity contribution < 1.29 is 9.59 Å². The molecule has 2 aromatic heterocycles. The smallest absolute Gasteiger partial charge is 0.253 e. The van der Waals surface area contributed by atoms with Crippen LogP contribution in [0.4, 0.5) is 0 Å². The van der Waals surface area contributed by atoms with Gasteiger partial charge in [-0.25, -0.2) is 4.98 Å². The van der Waals surface area contributed by atoms with Crippen molar-refractivity contribution in [3.8, 4) is 0 Å². The molecule has 0 aliphatic rings. The van der Waals surface area contributed by atoms with Gasteiger partial charge in [0, 0.05) is 17.8 Å². The van der Waals surface area contributed by atoms with Gasteiger partial charge in [0.25, 0.3) is 5.91 Å². The van der Waals surface area contributed by atoms with Crippen molar-refractivity contribution in [3.63, 3.8) is 0 Å². The van der Waals surface area contributed by atoms with Crippen LogP contribution in [0.3, 0.4) is 0 Å². The van der Waals surface area contributed by atoms with Crippen LogP contribution in [-0.2, 0) is 11.3 Å². The van der Waals surface area contributed by atoms with Gasteiger partial charge in [0.2, 0.25) is 5.91 Å². The molecule has 3 rings (SSSR count). The van der Waals surface area contributed by atoms with Crippen LogP contribution >= 0.6 is 34.7 Å². The summed E-state index contributed by atoms with van der Waals surface area (Å²) in [5.74, 6) is 0.159. The van der Waals surface area contributed by atoms with Gasteiger partial charge in [-0.05, 0) is 30.6 Å². The summed E-state index contributed by atoms with van der Waals surface area (Å²) in [4.78, 5) is 30.5. The van der Waals surface area contributed by atoms with Gasteiger partial charge < -0.3 is 10.6 Å². The van der Waals surface area contributed by atoms with Crippen LogP contribution in [0, 0.1) is 0 Å². The van der Waals surface area contributed by atoms with Gasteiger partial charge in [-0.3, -0.25) is 14.0 Å². The maximum atomic E-state index is 12.6. The zero-order valence-corrected chi connectivity index (χ0v) is 17.0. The number of halogens is 1. The van der Waals surface area contributed by atoms with Gasteiger partial charge in [-0.1, -0.05) is 23.7 Å². The van der Waals surface area contributed by atoms with Crippen molar-refractivity contribution in [2.75, 3.05) is 12.0 Å². The number of nitrogens with one attached hydrogen (secondary N) is 2. The van der Waals surface area contributed by atoms with Gasteiger partial charge in [0.05, 0.1) is 22.8 Å². The lowest BCUT2D eigenvalue weighted by molar-refractivity contribution is -0.123. The summed E-state index contributed by atoms with van der Waals surface area (Å²) in [5, 5.41) is 7.97. The van der Waals surface area contributed by atoms with Crippen LogP contribution in [0.1, 0.15) is 22.5 Å². The van der Waals surface area contributed by atoms with E-state index in [4.69, 9.17) is 11.6 Å². The Morgan fingerprint density at radius 1 is 1.37 bits per heavy atom. The average Bonchev–Trinajstić information content (AvgIpc) is 3.25. The van der Waals surface area contributed by atoms with E-state index < -0.39 is 6.04 Å². The minimum Gasteiger partial charge on any atom is -0.349 e. The van der Waals surface area contributed by atoms with Crippen molar-refractivity contribution in [1.29, 1.82) is 0 Å². The first-order chi connectivity index (χ1) is 13.1. The second kappa shape index (κ2) is 9.25. The van der Waals surface area contributed by atoms with Gasteiger partial charge in [0.1, 0.15) is 6.04 Å². The average molecular weight is 423 g/mol. The van der Waals surface area contributed by atoms with Crippen molar-refractivity contribution in [2.45, 2.75) is 19.0 Å². The Bertz CT molecular complexity index is 912. The molecule has 0 aliphatic heterocycles. The molecule has 0 radical (unpaired) electrons. The summed E-state index contributed by atoms with van der Waals surface area (Å²) in [6, 6.07) is 6.15. The summed E-state index contributed by atoms with van der Waals surface area (Å²) < 4.78 is 1.91. The first-order valence-electron chi connectivity index (χ1n) is 8.31. The summed E-state index contributed by atoms with van der Waals surface area (Å²) >= 11 is 9.23. The molecular weight excluding hydrogens is 404 g/mol. The SMILES string of the molecule is CSCCC(NC(=O)c1ccccc1Cl)C(=O)NCc1cn2ccsc2n1. The molecule has 1 atom stereocenters. The van der Waals surface area contributed by atoms with E-state index in [1.165, 1.54) is 11.3 Å². The molecule has 3 aromatic rings. The fourth-order valence-electron chi connectivity index (χ4n) is 2.55. The van der Waals surface area contributed by atoms with E-state index in [1.807, 2.05) is 28.4 Å². The number of thiazole rings is 1. The lowest BCUT2D eigenvalue weighted by Crippen LogP contribution is -2.47. The van der Waals surface area contributed by atoms with Crippen LogP contribution in [0.15, 0.2) is 42.0 Å². The highest BCUT2D eigenvalue weighted by atomic mass is 35.5. The van der Waals surface area contributed by atoms with Crippen molar-refractivity contribution in [2.24, 2.45) is 0 Å². The lowest BCUT2D eigenvalue weighted by atomic mass is 10.1.